The van der Waals surface area contributed by atoms with Crippen LogP contribution in [0.2, 0.25) is 0 Å². The number of amides is 1. The molecule has 0 saturated carbocycles. The van der Waals surface area contributed by atoms with Gasteiger partial charge in [0.05, 0.1) is 12.5 Å². The molecule has 1 unspecified atom stereocenters. The van der Waals surface area contributed by atoms with E-state index in [1.54, 1.807) is 0 Å². The fourth-order valence-corrected chi connectivity index (χ4v) is 1.72. The third kappa shape index (κ3) is 1.09. The standard InChI is InChI=1S/C9H12N2O2/c1-4-6-3-7(12)11-9(6)10-5(2)8(4)13/h5,10,13H,3H2,1-2H3,(H,11,12). The van der Waals surface area contributed by atoms with Gasteiger partial charge in [0.1, 0.15) is 11.6 Å². The summed E-state index contributed by atoms with van der Waals surface area (Å²) in [5.41, 5.74) is 1.71. The Morgan fingerprint density at radius 1 is 1.54 bits per heavy atom. The van der Waals surface area contributed by atoms with Gasteiger partial charge in [0.2, 0.25) is 5.91 Å². The summed E-state index contributed by atoms with van der Waals surface area (Å²) in [6.45, 7) is 3.69. The molecule has 4 nitrogen and oxygen atoms in total. The van der Waals surface area contributed by atoms with Crippen molar-refractivity contribution in [2.45, 2.75) is 26.3 Å². The smallest absolute Gasteiger partial charge is 0.230 e. The molecule has 0 spiro atoms. The molecule has 0 radical (unpaired) electrons. The minimum absolute atomic E-state index is 0.0150. The molecule has 2 heterocycles. The SMILES string of the molecule is CC1=C(O)C(C)NC2=C1CC(=O)N2. The van der Waals surface area contributed by atoms with Crippen LogP contribution in [0.4, 0.5) is 0 Å². The van der Waals surface area contributed by atoms with Gasteiger partial charge < -0.3 is 15.7 Å². The van der Waals surface area contributed by atoms with Crippen molar-refractivity contribution in [1.82, 2.24) is 10.6 Å². The first-order chi connectivity index (χ1) is 6.09. The zero-order valence-electron chi connectivity index (χ0n) is 7.64. The molecule has 13 heavy (non-hydrogen) atoms. The molecule has 3 N–H and O–H groups in total. The van der Waals surface area contributed by atoms with Crippen LogP contribution >= 0.6 is 0 Å². The fraction of sp³-hybridized carbons (Fsp3) is 0.444. The summed E-state index contributed by atoms with van der Waals surface area (Å²) < 4.78 is 0. The van der Waals surface area contributed by atoms with E-state index in [0.29, 0.717) is 12.2 Å². The molecule has 1 atom stereocenters. The number of aliphatic hydroxyl groups is 1. The highest BCUT2D eigenvalue weighted by Gasteiger charge is 2.29. The van der Waals surface area contributed by atoms with E-state index in [1.165, 1.54) is 0 Å². The molecule has 0 aliphatic carbocycles. The van der Waals surface area contributed by atoms with E-state index in [9.17, 15) is 9.90 Å². The summed E-state index contributed by atoms with van der Waals surface area (Å²) in [7, 11) is 0. The Morgan fingerprint density at radius 2 is 2.23 bits per heavy atom. The van der Waals surface area contributed by atoms with E-state index in [-0.39, 0.29) is 11.9 Å². The van der Waals surface area contributed by atoms with Crippen LogP contribution in [0.15, 0.2) is 22.7 Å². The van der Waals surface area contributed by atoms with Crippen LogP contribution in [0.5, 0.6) is 0 Å². The molecule has 2 aliphatic heterocycles. The molecule has 0 bridgehead atoms. The molecule has 1 amide bonds. The quantitative estimate of drug-likeness (QED) is 0.510. The van der Waals surface area contributed by atoms with Crippen LogP contribution in [0.3, 0.4) is 0 Å². The van der Waals surface area contributed by atoms with Crippen LogP contribution in [0.25, 0.3) is 0 Å². The predicted molar refractivity (Wildman–Crippen MR) is 47.7 cm³/mol. The average Bonchev–Trinajstić information content (AvgIpc) is 2.42. The average molecular weight is 180 g/mol. The third-order valence-corrected chi connectivity index (χ3v) is 2.51. The predicted octanol–water partition coefficient (Wildman–Crippen LogP) is 0.542. The lowest BCUT2D eigenvalue weighted by atomic mass is 9.99. The van der Waals surface area contributed by atoms with Gasteiger partial charge in [-0.25, -0.2) is 0 Å². The maximum absolute atomic E-state index is 11.1. The maximum Gasteiger partial charge on any atom is 0.230 e. The van der Waals surface area contributed by atoms with E-state index in [0.717, 1.165) is 17.0 Å². The Morgan fingerprint density at radius 3 is 2.92 bits per heavy atom. The molecule has 0 aromatic carbocycles. The van der Waals surface area contributed by atoms with Gasteiger partial charge in [-0.15, -0.1) is 0 Å². The second-order valence-electron chi connectivity index (χ2n) is 3.45. The Hall–Kier alpha value is -1.45. The number of aliphatic hydroxyl groups excluding tert-OH is 1. The minimum Gasteiger partial charge on any atom is -0.510 e. The number of allylic oxidation sites excluding steroid dienone is 1. The summed E-state index contributed by atoms with van der Waals surface area (Å²) in [5.74, 6) is 1.07. The number of hydrogen-bond acceptors (Lipinski definition) is 3. The van der Waals surface area contributed by atoms with Crippen molar-refractivity contribution in [3.05, 3.63) is 22.7 Å². The van der Waals surface area contributed by atoms with Crippen LogP contribution in [-0.4, -0.2) is 17.1 Å². The van der Waals surface area contributed by atoms with Crippen molar-refractivity contribution in [1.29, 1.82) is 0 Å². The van der Waals surface area contributed by atoms with Gasteiger partial charge in [0.15, 0.2) is 0 Å². The Kier molecular flexibility index (Phi) is 1.58. The van der Waals surface area contributed by atoms with Gasteiger partial charge in [-0.1, -0.05) is 0 Å². The van der Waals surface area contributed by atoms with E-state index < -0.39 is 0 Å². The largest absolute Gasteiger partial charge is 0.510 e. The number of carbonyl (C=O) groups excluding carboxylic acids is 1. The molecule has 0 saturated heterocycles. The Bertz CT molecular complexity index is 342. The van der Waals surface area contributed by atoms with Gasteiger partial charge in [-0.05, 0) is 19.4 Å². The lowest BCUT2D eigenvalue weighted by Crippen LogP contribution is -2.36. The molecule has 0 fully saturated rings. The number of nitrogens with one attached hydrogen (secondary N) is 2. The Balaban J connectivity index is 2.41. The summed E-state index contributed by atoms with van der Waals surface area (Å²) in [6.07, 6.45) is 0.366. The fourth-order valence-electron chi connectivity index (χ4n) is 1.72. The van der Waals surface area contributed by atoms with Gasteiger partial charge in [-0.2, -0.15) is 0 Å². The monoisotopic (exact) mass is 180 g/mol. The van der Waals surface area contributed by atoms with Crippen LogP contribution in [0.1, 0.15) is 20.3 Å². The number of dihydropyridines is 1. The van der Waals surface area contributed by atoms with Crippen molar-refractivity contribution in [2.75, 3.05) is 0 Å². The zero-order chi connectivity index (χ0) is 9.59. The normalized spacial score (nSPS) is 27.2. The number of carbonyl (C=O) groups is 1. The second kappa shape index (κ2) is 2.52. The van der Waals surface area contributed by atoms with E-state index in [4.69, 9.17) is 0 Å². The van der Waals surface area contributed by atoms with Gasteiger partial charge >= 0.3 is 0 Å². The number of hydrogen-bond donors (Lipinski definition) is 3. The molecule has 0 aromatic rings. The van der Waals surface area contributed by atoms with Crippen LogP contribution in [0, 0.1) is 0 Å². The molecular formula is C9H12N2O2. The van der Waals surface area contributed by atoms with E-state index >= 15 is 0 Å². The molecule has 2 rings (SSSR count). The van der Waals surface area contributed by atoms with Crippen LogP contribution in [-0.2, 0) is 4.79 Å². The molecule has 0 aromatic heterocycles. The molecule has 70 valence electrons. The zero-order valence-corrected chi connectivity index (χ0v) is 7.64. The highest BCUT2D eigenvalue weighted by Crippen LogP contribution is 2.28. The Labute approximate surface area is 76.3 Å². The van der Waals surface area contributed by atoms with Gasteiger partial charge in [0.25, 0.3) is 0 Å². The first-order valence-electron chi connectivity index (χ1n) is 4.29. The molecular weight excluding hydrogens is 168 g/mol. The first kappa shape index (κ1) is 8.16. The first-order valence-corrected chi connectivity index (χ1v) is 4.29. The number of rotatable bonds is 0. The summed E-state index contributed by atoms with van der Waals surface area (Å²) in [4.78, 5) is 11.1. The van der Waals surface area contributed by atoms with E-state index in [2.05, 4.69) is 10.6 Å². The van der Waals surface area contributed by atoms with Crippen molar-refractivity contribution in [3.63, 3.8) is 0 Å². The lowest BCUT2D eigenvalue weighted by Gasteiger charge is -2.23. The van der Waals surface area contributed by atoms with Crippen molar-refractivity contribution in [2.24, 2.45) is 0 Å². The maximum atomic E-state index is 11.1. The van der Waals surface area contributed by atoms with Crippen LogP contribution < -0.4 is 10.6 Å². The molecule has 2 aliphatic rings. The highest BCUT2D eigenvalue weighted by molar-refractivity contribution is 5.85. The summed E-state index contributed by atoms with van der Waals surface area (Å²) >= 11 is 0. The topological polar surface area (TPSA) is 61.4 Å². The van der Waals surface area contributed by atoms with Crippen molar-refractivity contribution in [3.8, 4) is 0 Å². The summed E-state index contributed by atoms with van der Waals surface area (Å²) in [6, 6.07) is -0.114. The minimum atomic E-state index is -0.114. The van der Waals surface area contributed by atoms with Crippen molar-refractivity contribution >= 4 is 5.91 Å². The van der Waals surface area contributed by atoms with E-state index in [1.807, 2.05) is 13.8 Å². The second-order valence-corrected chi connectivity index (χ2v) is 3.45. The van der Waals surface area contributed by atoms with Gasteiger partial charge in [-0.3, -0.25) is 4.79 Å². The lowest BCUT2D eigenvalue weighted by molar-refractivity contribution is -0.118. The highest BCUT2D eigenvalue weighted by atomic mass is 16.3. The van der Waals surface area contributed by atoms with Gasteiger partial charge in [0, 0.05) is 5.57 Å². The van der Waals surface area contributed by atoms with Crippen molar-refractivity contribution < 1.29 is 9.90 Å². The molecule has 4 heteroatoms. The summed E-state index contributed by atoms with van der Waals surface area (Å²) in [5, 5.41) is 15.4. The third-order valence-electron chi connectivity index (χ3n) is 2.51.